The van der Waals surface area contributed by atoms with Gasteiger partial charge < -0.3 is 19.3 Å². The third-order valence-corrected chi connectivity index (χ3v) is 4.23. The Labute approximate surface area is 159 Å². The summed E-state index contributed by atoms with van der Waals surface area (Å²) in [4.78, 5) is 12.2. The molecule has 0 aliphatic rings. The van der Waals surface area contributed by atoms with E-state index >= 15 is 0 Å². The van der Waals surface area contributed by atoms with Gasteiger partial charge in [-0.25, -0.2) is 0 Å². The van der Waals surface area contributed by atoms with Gasteiger partial charge in [-0.15, -0.1) is 0 Å². The average molecular weight is 417 g/mol. The van der Waals surface area contributed by atoms with Crippen LogP contribution in [0.5, 0.6) is 11.5 Å². The number of halogens is 1. The molecule has 0 saturated carbocycles. The van der Waals surface area contributed by atoms with Crippen molar-refractivity contribution in [3.05, 3.63) is 58.7 Å². The van der Waals surface area contributed by atoms with Crippen LogP contribution in [0.25, 0.3) is 11.3 Å². The van der Waals surface area contributed by atoms with Crippen molar-refractivity contribution in [2.45, 2.75) is 6.42 Å². The van der Waals surface area contributed by atoms with E-state index in [1.807, 2.05) is 30.3 Å². The summed E-state index contributed by atoms with van der Waals surface area (Å²) in [5.74, 6) is 1.61. The van der Waals surface area contributed by atoms with Gasteiger partial charge in [0.15, 0.2) is 17.3 Å². The summed E-state index contributed by atoms with van der Waals surface area (Å²) < 4.78 is 16.8. The maximum absolute atomic E-state index is 12.2. The zero-order valence-corrected chi connectivity index (χ0v) is 15.9. The highest BCUT2D eigenvalue weighted by Gasteiger charge is 2.13. The molecule has 0 atom stereocenters. The highest BCUT2D eigenvalue weighted by molar-refractivity contribution is 9.10. The van der Waals surface area contributed by atoms with Crippen molar-refractivity contribution in [2.75, 3.05) is 19.5 Å². The quantitative estimate of drug-likeness (QED) is 0.648. The molecule has 0 bridgehead atoms. The number of hydrogen-bond acceptors (Lipinski definition) is 5. The summed E-state index contributed by atoms with van der Waals surface area (Å²) in [5, 5.41) is 6.79. The van der Waals surface area contributed by atoms with Crippen LogP contribution in [0.2, 0.25) is 0 Å². The van der Waals surface area contributed by atoms with E-state index < -0.39 is 0 Å². The third kappa shape index (κ3) is 4.23. The largest absolute Gasteiger partial charge is 0.493 e. The number of carbonyl (C=O) groups is 1. The van der Waals surface area contributed by atoms with Gasteiger partial charge in [0.05, 0.1) is 26.3 Å². The van der Waals surface area contributed by atoms with Gasteiger partial charge in [0.25, 0.3) is 0 Å². The van der Waals surface area contributed by atoms with E-state index in [0.717, 1.165) is 15.7 Å². The standard InChI is InChI=1S/C19H17BrN2O4/c1-24-16-8-3-12(9-18(16)25-2)17-10-15(22-26-17)11-19(23)21-14-6-4-13(20)5-7-14/h3-10H,11H2,1-2H3,(H,21,23). The fourth-order valence-corrected chi connectivity index (χ4v) is 2.69. The summed E-state index contributed by atoms with van der Waals surface area (Å²) in [6.07, 6.45) is 0.118. The van der Waals surface area contributed by atoms with Crippen LogP contribution in [0.1, 0.15) is 5.69 Å². The molecular weight excluding hydrogens is 400 g/mol. The van der Waals surface area contributed by atoms with E-state index in [9.17, 15) is 4.79 Å². The number of nitrogens with zero attached hydrogens (tertiary/aromatic N) is 1. The molecule has 0 aliphatic carbocycles. The Morgan fingerprint density at radius 3 is 2.50 bits per heavy atom. The molecule has 3 aromatic rings. The smallest absolute Gasteiger partial charge is 0.230 e. The Balaban J connectivity index is 1.69. The molecule has 1 N–H and O–H groups in total. The van der Waals surface area contributed by atoms with Crippen molar-refractivity contribution in [3.8, 4) is 22.8 Å². The Kier molecular flexibility index (Phi) is 5.58. The third-order valence-electron chi connectivity index (χ3n) is 3.70. The first-order valence-electron chi connectivity index (χ1n) is 7.82. The Morgan fingerprint density at radius 1 is 1.08 bits per heavy atom. The van der Waals surface area contributed by atoms with Crippen molar-refractivity contribution in [3.63, 3.8) is 0 Å². The van der Waals surface area contributed by atoms with Crippen molar-refractivity contribution < 1.29 is 18.8 Å². The monoisotopic (exact) mass is 416 g/mol. The number of carbonyl (C=O) groups excluding carboxylic acids is 1. The molecule has 0 unspecified atom stereocenters. The number of methoxy groups -OCH3 is 2. The first kappa shape index (κ1) is 18.0. The van der Waals surface area contributed by atoms with E-state index in [2.05, 4.69) is 26.4 Å². The molecule has 3 rings (SSSR count). The van der Waals surface area contributed by atoms with Crippen LogP contribution >= 0.6 is 15.9 Å². The fraction of sp³-hybridized carbons (Fsp3) is 0.158. The second kappa shape index (κ2) is 8.05. The van der Waals surface area contributed by atoms with Crippen molar-refractivity contribution in [1.82, 2.24) is 5.16 Å². The molecule has 6 nitrogen and oxygen atoms in total. The van der Waals surface area contributed by atoms with Crippen LogP contribution in [0, 0.1) is 0 Å². The SMILES string of the molecule is COc1ccc(-c2cc(CC(=O)Nc3ccc(Br)cc3)no2)cc1OC. The summed E-state index contributed by atoms with van der Waals surface area (Å²) in [7, 11) is 3.15. The number of ether oxygens (including phenoxy) is 2. The molecule has 0 aliphatic heterocycles. The van der Waals surface area contributed by atoms with Crippen LogP contribution in [-0.4, -0.2) is 25.3 Å². The number of anilines is 1. The zero-order chi connectivity index (χ0) is 18.5. The average Bonchev–Trinajstić information content (AvgIpc) is 3.11. The number of rotatable bonds is 6. The van der Waals surface area contributed by atoms with Gasteiger partial charge in [-0.1, -0.05) is 21.1 Å². The second-order valence-electron chi connectivity index (χ2n) is 5.48. The molecular formula is C19H17BrN2O4. The number of amides is 1. The van der Waals surface area contributed by atoms with E-state index in [-0.39, 0.29) is 12.3 Å². The molecule has 1 amide bonds. The summed E-state index contributed by atoms with van der Waals surface area (Å²) >= 11 is 3.36. The lowest BCUT2D eigenvalue weighted by Crippen LogP contribution is -2.14. The van der Waals surface area contributed by atoms with E-state index in [1.54, 1.807) is 32.4 Å². The summed E-state index contributed by atoms with van der Waals surface area (Å²) in [6, 6.07) is 14.5. The minimum absolute atomic E-state index is 0.118. The Hall–Kier alpha value is -2.80. The summed E-state index contributed by atoms with van der Waals surface area (Å²) in [5.41, 5.74) is 2.06. The van der Waals surface area contributed by atoms with Gasteiger partial charge in [-0.3, -0.25) is 4.79 Å². The molecule has 1 aromatic heterocycles. The lowest BCUT2D eigenvalue weighted by Gasteiger charge is -2.07. The van der Waals surface area contributed by atoms with Crippen molar-refractivity contribution in [2.24, 2.45) is 0 Å². The Morgan fingerprint density at radius 2 is 1.81 bits per heavy atom. The van der Waals surface area contributed by atoms with Crippen molar-refractivity contribution in [1.29, 1.82) is 0 Å². The van der Waals surface area contributed by atoms with Crippen LogP contribution in [0.3, 0.4) is 0 Å². The highest BCUT2D eigenvalue weighted by atomic mass is 79.9. The lowest BCUT2D eigenvalue weighted by molar-refractivity contribution is -0.115. The first-order chi connectivity index (χ1) is 12.6. The number of aromatic nitrogens is 1. The predicted octanol–water partition coefficient (Wildman–Crippen LogP) is 4.30. The maximum Gasteiger partial charge on any atom is 0.230 e. The molecule has 1 heterocycles. The highest BCUT2D eigenvalue weighted by Crippen LogP contribution is 2.32. The minimum Gasteiger partial charge on any atom is -0.493 e. The summed E-state index contributed by atoms with van der Waals surface area (Å²) in [6.45, 7) is 0. The van der Waals surface area contributed by atoms with E-state index in [0.29, 0.717) is 23.0 Å². The normalized spacial score (nSPS) is 10.4. The molecule has 26 heavy (non-hydrogen) atoms. The number of nitrogens with one attached hydrogen (secondary N) is 1. The maximum atomic E-state index is 12.2. The van der Waals surface area contributed by atoms with Gasteiger partial charge in [-0.05, 0) is 42.5 Å². The van der Waals surface area contributed by atoms with Crippen molar-refractivity contribution >= 4 is 27.5 Å². The van der Waals surface area contributed by atoms with Gasteiger partial charge in [0, 0.05) is 21.8 Å². The molecule has 0 saturated heterocycles. The van der Waals surface area contributed by atoms with Crippen LogP contribution < -0.4 is 14.8 Å². The van der Waals surface area contributed by atoms with E-state index in [1.165, 1.54) is 0 Å². The van der Waals surface area contributed by atoms with Crippen LogP contribution in [-0.2, 0) is 11.2 Å². The number of benzene rings is 2. The van der Waals surface area contributed by atoms with Crippen LogP contribution in [0.4, 0.5) is 5.69 Å². The van der Waals surface area contributed by atoms with Gasteiger partial charge >= 0.3 is 0 Å². The number of hydrogen-bond donors (Lipinski definition) is 1. The lowest BCUT2D eigenvalue weighted by atomic mass is 10.1. The Bertz CT molecular complexity index is 906. The second-order valence-corrected chi connectivity index (χ2v) is 6.40. The first-order valence-corrected chi connectivity index (χ1v) is 8.62. The molecule has 2 aromatic carbocycles. The molecule has 0 fully saturated rings. The van der Waals surface area contributed by atoms with Crippen LogP contribution in [0.15, 0.2) is 57.5 Å². The molecule has 7 heteroatoms. The zero-order valence-electron chi connectivity index (χ0n) is 14.3. The molecule has 0 spiro atoms. The fourth-order valence-electron chi connectivity index (χ4n) is 2.42. The van der Waals surface area contributed by atoms with Gasteiger partial charge in [-0.2, -0.15) is 0 Å². The predicted molar refractivity (Wildman–Crippen MR) is 102 cm³/mol. The van der Waals surface area contributed by atoms with Gasteiger partial charge in [0.2, 0.25) is 5.91 Å². The topological polar surface area (TPSA) is 73.6 Å². The molecule has 134 valence electrons. The van der Waals surface area contributed by atoms with E-state index in [4.69, 9.17) is 14.0 Å². The minimum atomic E-state index is -0.167. The van der Waals surface area contributed by atoms with Gasteiger partial charge in [0.1, 0.15) is 0 Å². The molecule has 0 radical (unpaired) electrons.